The zero-order chi connectivity index (χ0) is 20.8. The van der Waals surface area contributed by atoms with Gasteiger partial charge in [-0.25, -0.2) is 9.69 Å². The molecule has 0 N–H and O–H groups in total. The van der Waals surface area contributed by atoms with E-state index in [2.05, 4.69) is 77.9 Å². The van der Waals surface area contributed by atoms with Crippen molar-refractivity contribution in [3.63, 3.8) is 0 Å². The maximum atomic E-state index is 13.2. The smallest absolute Gasteiger partial charge is 0.409 e. The van der Waals surface area contributed by atoms with E-state index in [4.69, 9.17) is 4.74 Å². The summed E-state index contributed by atoms with van der Waals surface area (Å²) in [5.74, 6) is 0.663. The second kappa shape index (κ2) is 5.57. The molecule has 0 aliphatic carbocycles. The minimum atomic E-state index is -1.53. The van der Waals surface area contributed by atoms with E-state index in [0.29, 0.717) is 5.75 Å². The fourth-order valence-corrected chi connectivity index (χ4v) is 11.8. The van der Waals surface area contributed by atoms with Crippen molar-refractivity contribution in [3.05, 3.63) is 54.6 Å². The van der Waals surface area contributed by atoms with E-state index in [1.165, 1.54) is 9.79 Å². The Morgan fingerprint density at radius 1 is 0.793 bits per heavy atom. The predicted octanol–water partition coefficient (Wildman–Crippen LogP) is 7.62. The Labute approximate surface area is 174 Å². The van der Waals surface area contributed by atoms with Gasteiger partial charge in [-0.2, -0.15) is 10.0 Å². The molecule has 0 atom stereocenters. The molecule has 0 saturated heterocycles. The van der Waals surface area contributed by atoms with Crippen LogP contribution in [-0.2, 0) is 0 Å². The SMILES string of the molecule is CC(C)(C)S1(C(C)(C)C)c2ccccc2N2C(=O)Oc3cccc4ccc1c2c34. The zero-order valence-corrected chi connectivity index (χ0v) is 18.7. The Morgan fingerprint density at radius 3 is 2.17 bits per heavy atom. The lowest BCUT2D eigenvalue weighted by Crippen LogP contribution is -2.44. The highest BCUT2D eigenvalue weighted by Gasteiger charge is 2.55. The van der Waals surface area contributed by atoms with Crippen LogP contribution in [0.25, 0.3) is 10.8 Å². The summed E-state index contributed by atoms with van der Waals surface area (Å²) in [7, 11) is -1.53. The van der Waals surface area contributed by atoms with Crippen molar-refractivity contribution in [1.82, 2.24) is 0 Å². The molecule has 2 aliphatic rings. The number of carbonyl (C=O) groups excluding carboxylic acids is 1. The number of benzene rings is 3. The Hall–Kier alpha value is -2.46. The maximum absolute atomic E-state index is 13.2. The van der Waals surface area contributed by atoms with Gasteiger partial charge < -0.3 is 4.74 Å². The molecular weight excluding hydrogens is 378 g/mol. The molecule has 150 valence electrons. The average molecular weight is 406 g/mol. The lowest BCUT2D eigenvalue weighted by atomic mass is 10.0. The molecule has 0 saturated carbocycles. The van der Waals surface area contributed by atoms with Crippen molar-refractivity contribution in [2.24, 2.45) is 0 Å². The van der Waals surface area contributed by atoms with Crippen LogP contribution in [0.15, 0.2) is 64.4 Å². The Bertz CT molecular complexity index is 1170. The normalized spacial score (nSPS) is 18.3. The van der Waals surface area contributed by atoms with E-state index >= 15 is 0 Å². The summed E-state index contributed by atoms with van der Waals surface area (Å²) in [6.45, 7) is 14.1. The van der Waals surface area contributed by atoms with E-state index < -0.39 is 10.0 Å². The molecule has 0 radical (unpaired) electrons. The highest BCUT2D eigenvalue weighted by atomic mass is 32.3. The molecule has 1 amide bonds. The monoisotopic (exact) mass is 405 g/mol. The molecule has 3 nitrogen and oxygen atoms in total. The van der Waals surface area contributed by atoms with E-state index in [1.54, 1.807) is 0 Å². The second-order valence-corrected chi connectivity index (χ2v) is 14.3. The van der Waals surface area contributed by atoms with Gasteiger partial charge in [0, 0.05) is 19.3 Å². The average Bonchev–Trinajstić information content (AvgIpc) is 2.63. The van der Waals surface area contributed by atoms with Crippen LogP contribution >= 0.6 is 10.0 Å². The number of para-hydroxylation sites is 1. The summed E-state index contributed by atoms with van der Waals surface area (Å²) < 4.78 is 5.78. The van der Waals surface area contributed by atoms with E-state index in [1.807, 2.05) is 23.1 Å². The van der Waals surface area contributed by atoms with Gasteiger partial charge in [0.1, 0.15) is 5.75 Å². The molecule has 0 spiro atoms. The standard InChI is InChI=1S/C25H27NO2S/c1-24(2,3)29(25(4,5)6)19-13-8-7-11-17(19)26-22-20(29)15-14-16-10-9-12-18(21(16)22)28-23(26)27/h7-15H,1-6H3. The number of anilines is 2. The number of nitrogens with zero attached hydrogens (tertiary/aromatic N) is 1. The summed E-state index contributed by atoms with van der Waals surface area (Å²) in [4.78, 5) is 17.6. The first-order valence-electron chi connectivity index (χ1n) is 10.1. The summed E-state index contributed by atoms with van der Waals surface area (Å²) in [5.41, 5.74) is 1.99. The van der Waals surface area contributed by atoms with Crippen LogP contribution in [0.3, 0.4) is 0 Å². The number of ether oxygens (including phenoxy) is 1. The van der Waals surface area contributed by atoms with Crippen molar-refractivity contribution in [2.45, 2.75) is 60.8 Å². The quantitative estimate of drug-likeness (QED) is 0.385. The summed E-state index contributed by atoms with van der Waals surface area (Å²) in [5, 5.41) is 2.15. The minimum Gasteiger partial charge on any atom is -0.409 e. The molecule has 0 unspecified atom stereocenters. The van der Waals surface area contributed by atoms with Crippen molar-refractivity contribution in [1.29, 1.82) is 0 Å². The molecule has 3 aromatic carbocycles. The van der Waals surface area contributed by atoms with E-state index in [-0.39, 0.29) is 15.6 Å². The van der Waals surface area contributed by atoms with Crippen molar-refractivity contribution in [3.8, 4) is 5.75 Å². The molecule has 3 aromatic rings. The third kappa shape index (κ3) is 2.13. The molecule has 29 heavy (non-hydrogen) atoms. The first kappa shape index (κ1) is 18.6. The molecule has 4 heteroatoms. The van der Waals surface area contributed by atoms with Gasteiger partial charge in [0.05, 0.1) is 16.8 Å². The van der Waals surface area contributed by atoms with Crippen LogP contribution in [0.1, 0.15) is 41.5 Å². The Balaban J connectivity index is 2.07. The van der Waals surface area contributed by atoms with Gasteiger partial charge in [0.2, 0.25) is 0 Å². The number of amides is 1. The van der Waals surface area contributed by atoms with Crippen LogP contribution in [0, 0.1) is 0 Å². The van der Waals surface area contributed by atoms with Crippen LogP contribution in [0.2, 0.25) is 0 Å². The third-order valence-corrected chi connectivity index (χ3v) is 11.8. The highest BCUT2D eigenvalue weighted by Crippen LogP contribution is 2.82. The van der Waals surface area contributed by atoms with E-state index in [9.17, 15) is 4.79 Å². The highest BCUT2D eigenvalue weighted by molar-refractivity contribution is 8.36. The van der Waals surface area contributed by atoms with Crippen molar-refractivity contribution >= 4 is 38.3 Å². The number of hydrogen-bond acceptors (Lipinski definition) is 2. The van der Waals surface area contributed by atoms with Crippen LogP contribution in [0.5, 0.6) is 5.75 Å². The van der Waals surface area contributed by atoms with Gasteiger partial charge in [-0.1, -0.05) is 71.9 Å². The molecule has 0 bridgehead atoms. The van der Waals surface area contributed by atoms with Crippen molar-refractivity contribution in [2.75, 3.05) is 4.90 Å². The van der Waals surface area contributed by atoms with Gasteiger partial charge >= 0.3 is 6.09 Å². The lowest BCUT2D eigenvalue weighted by molar-refractivity contribution is 0.209. The second-order valence-electron chi connectivity index (χ2n) is 9.77. The Kier molecular flexibility index (Phi) is 3.57. The summed E-state index contributed by atoms with van der Waals surface area (Å²) >= 11 is 0. The van der Waals surface area contributed by atoms with Gasteiger partial charge in [-0.3, -0.25) is 0 Å². The zero-order valence-electron chi connectivity index (χ0n) is 17.9. The predicted molar refractivity (Wildman–Crippen MR) is 122 cm³/mol. The number of rotatable bonds is 0. The molecule has 0 fully saturated rings. The van der Waals surface area contributed by atoms with Gasteiger partial charge in [-0.05, 0) is 29.7 Å². The van der Waals surface area contributed by atoms with E-state index in [0.717, 1.165) is 22.1 Å². The third-order valence-electron chi connectivity index (χ3n) is 6.15. The number of fused-ring (bicyclic) bond motifs is 2. The minimum absolute atomic E-state index is 0.00604. The molecule has 5 rings (SSSR count). The molecular formula is C25H27NO2S. The van der Waals surface area contributed by atoms with Crippen LogP contribution in [0.4, 0.5) is 16.2 Å². The lowest BCUT2D eigenvalue weighted by Gasteiger charge is -2.63. The fraction of sp³-hybridized carbons (Fsp3) is 0.320. The largest absolute Gasteiger partial charge is 0.424 e. The summed E-state index contributed by atoms with van der Waals surface area (Å²) in [6, 6.07) is 18.9. The summed E-state index contributed by atoms with van der Waals surface area (Å²) in [6.07, 6.45) is -0.319. The fourth-order valence-electron chi connectivity index (χ4n) is 5.57. The molecule has 2 heterocycles. The first-order chi connectivity index (χ1) is 13.6. The van der Waals surface area contributed by atoms with Gasteiger partial charge in [0.15, 0.2) is 0 Å². The van der Waals surface area contributed by atoms with Crippen LogP contribution < -0.4 is 9.64 Å². The number of hydrogen-bond donors (Lipinski definition) is 0. The van der Waals surface area contributed by atoms with Gasteiger partial charge in [0.25, 0.3) is 0 Å². The maximum Gasteiger partial charge on any atom is 0.424 e. The first-order valence-corrected chi connectivity index (χ1v) is 11.7. The Morgan fingerprint density at radius 2 is 1.48 bits per heavy atom. The van der Waals surface area contributed by atoms with Crippen LogP contribution in [-0.4, -0.2) is 15.6 Å². The molecule has 2 aliphatic heterocycles. The van der Waals surface area contributed by atoms with Gasteiger partial charge in [-0.15, -0.1) is 0 Å². The topological polar surface area (TPSA) is 29.5 Å². The number of carbonyl (C=O) groups is 1. The van der Waals surface area contributed by atoms with Crippen molar-refractivity contribution < 1.29 is 9.53 Å². The molecule has 0 aromatic heterocycles.